The summed E-state index contributed by atoms with van der Waals surface area (Å²) in [5.41, 5.74) is 3.28. The summed E-state index contributed by atoms with van der Waals surface area (Å²) in [6.45, 7) is 3.59. The summed E-state index contributed by atoms with van der Waals surface area (Å²) in [5, 5.41) is 11.5. The number of benzene rings is 2. The zero-order chi connectivity index (χ0) is 22.9. The first kappa shape index (κ1) is 24.3. The van der Waals surface area contributed by atoms with E-state index in [4.69, 9.17) is 4.74 Å². The van der Waals surface area contributed by atoms with E-state index in [0.717, 1.165) is 22.3 Å². The molecular weight excluding hydrogens is 464 g/mol. The molecule has 174 valence electrons. The molecule has 11 heteroatoms. The molecule has 4 aromatic rings. The number of H-pyrrole nitrogens is 1. The van der Waals surface area contributed by atoms with Crippen LogP contribution in [0.15, 0.2) is 53.6 Å². The van der Waals surface area contributed by atoms with Crippen LogP contribution < -0.4 is 27.4 Å². The van der Waals surface area contributed by atoms with Gasteiger partial charge in [-0.1, -0.05) is 6.92 Å². The molecule has 0 radical (unpaired) electrons. The van der Waals surface area contributed by atoms with E-state index in [1.807, 2.05) is 37.1 Å². The van der Waals surface area contributed by atoms with Crippen LogP contribution in [0, 0.1) is 6.92 Å². The van der Waals surface area contributed by atoms with E-state index >= 15 is 0 Å². The summed E-state index contributed by atoms with van der Waals surface area (Å²) in [4.78, 5) is 11.0. The van der Waals surface area contributed by atoms with Crippen molar-refractivity contribution in [2.24, 2.45) is 0 Å². The second kappa shape index (κ2) is 9.63. The summed E-state index contributed by atoms with van der Waals surface area (Å²) in [5.74, 6) is 1.47. The monoisotopic (exact) mass is 487 g/mol. The summed E-state index contributed by atoms with van der Waals surface area (Å²) >= 11 is 0. The number of hydrogen-bond acceptors (Lipinski definition) is 8. The third-order valence-electron chi connectivity index (χ3n) is 5.26. The van der Waals surface area contributed by atoms with Gasteiger partial charge >= 0.3 is 0 Å². The predicted molar refractivity (Wildman–Crippen MR) is 125 cm³/mol. The highest BCUT2D eigenvalue weighted by Crippen LogP contribution is 2.31. The summed E-state index contributed by atoms with van der Waals surface area (Å²) < 4.78 is 29.9. The van der Waals surface area contributed by atoms with Gasteiger partial charge in [0.15, 0.2) is 9.84 Å². The quantitative estimate of drug-likeness (QED) is 0.396. The van der Waals surface area contributed by atoms with Crippen LogP contribution in [-0.2, 0) is 9.84 Å². The van der Waals surface area contributed by atoms with Crippen molar-refractivity contribution in [2.45, 2.75) is 18.7 Å². The highest BCUT2D eigenvalue weighted by molar-refractivity contribution is 7.91. The number of anilines is 4. The van der Waals surface area contributed by atoms with Crippen LogP contribution in [0.2, 0.25) is 0 Å². The zero-order valence-corrected chi connectivity index (χ0v) is 20.2. The van der Waals surface area contributed by atoms with Crippen molar-refractivity contribution in [2.75, 3.05) is 30.1 Å². The number of hydrogen-bond donors (Lipinski definition) is 2. The average Bonchev–Trinajstić information content (AvgIpc) is 3.18. The molecule has 9 nitrogen and oxygen atoms in total. The van der Waals surface area contributed by atoms with Crippen molar-refractivity contribution < 1.29 is 25.6 Å². The molecule has 2 heterocycles. The maximum absolute atomic E-state index is 12.3. The maximum Gasteiger partial charge on any atom is 0.229 e. The summed E-state index contributed by atoms with van der Waals surface area (Å²) in [7, 11) is 0.0599. The molecular formula is C22H24ClN6O3S-. The second-order valence-electron chi connectivity index (χ2n) is 7.24. The number of aryl methyl sites for hydroxylation is 1. The van der Waals surface area contributed by atoms with Crippen molar-refractivity contribution in [3.8, 4) is 5.75 Å². The van der Waals surface area contributed by atoms with Gasteiger partial charge in [0.2, 0.25) is 5.95 Å². The minimum Gasteiger partial charge on any atom is -1.00 e. The fraction of sp³-hybridized carbons (Fsp3) is 0.227. The standard InChI is InChI=1S/C22H24N6O3S.ClH/c1-5-32(29,30)16-7-9-20(31-4)19(13-16)24-22-23-11-10-21(25-22)28(3)15-6-8-17-14(2)26-27-18(17)12-15;/h6-13H,5H2,1-4H3,(H,26,27)(H,23,24,25);1H/p-1. The molecule has 2 aromatic carbocycles. The summed E-state index contributed by atoms with van der Waals surface area (Å²) in [6.07, 6.45) is 1.64. The van der Waals surface area contributed by atoms with Crippen LogP contribution >= 0.6 is 0 Å². The number of halogens is 1. The fourth-order valence-electron chi connectivity index (χ4n) is 3.34. The smallest absolute Gasteiger partial charge is 0.229 e. The largest absolute Gasteiger partial charge is 1.00 e. The van der Waals surface area contributed by atoms with Crippen molar-refractivity contribution in [3.63, 3.8) is 0 Å². The first-order valence-corrected chi connectivity index (χ1v) is 11.7. The first-order chi connectivity index (χ1) is 15.3. The Morgan fingerprint density at radius 3 is 2.67 bits per heavy atom. The third-order valence-corrected chi connectivity index (χ3v) is 6.99. The number of ether oxygens (including phenoxy) is 1. The SMILES string of the molecule is CCS(=O)(=O)c1ccc(OC)c(Nc2nccc(N(C)c3ccc4c(C)[nH]nc4c3)n2)c1.[Cl-]. The van der Waals surface area contributed by atoms with E-state index in [1.165, 1.54) is 19.2 Å². The molecule has 0 unspecified atom stereocenters. The molecule has 0 fully saturated rings. The number of aromatic amines is 1. The van der Waals surface area contributed by atoms with Crippen LogP contribution in [0.3, 0.4) is 0 Å². The Kier molecular flexibility index (Phi) is 7.09. The number of fused-ring (bicyclic) bond motifs is 1. The molecule has 2 aromatic heterocycles. The Hall–Kier alpha value is -3.37. The van der Waals surface area contributed by atoms with Crippen molar-refractivity contribution in [1.29, 1.82) is 0 Å². The molecule has 0 saturated heterocycles. The second-order valence-corrected chi connectivity index (χ2v) is 9.52. The van der Waals surface area contributed by atoms with Crippen molar-refractivity contribution in [1.82, 2.24) is 20.2 Å². The Morgan fingerprint density at radius 1 is 1.15 bits per heavy atom. The van der Waals surface area contributed by atoms with E-state index in [1.54, 1.807) is 25.3 Å². The van der Waals surface area contributed by atoms with Crippen LogP contribution in [0.1, 0.15) is 12.6 Å². The van der Waals surface area contributed by atoms with E-state index < -0.39 is 9.84 Å². The lowest BCUT2D eigenvalue weighted by atomic mass is 10.2. The van der Waals surface area contributed by atoms with E-state index in [2.05, 4.69) is 25.5 Å². The highest BCUT2D eigenvalue weighted by Gasteiger charge is 2.16. The van der Waals surface area contributed by atoms with Gasteiger partial charge in [-0.25, -0.2) is 13.4 Å². The molecule has 0 bridgehead atoms. The van der Waals surface area contributed by atoms with Crippen LogP contribution in [0.25, 0.3) is 10.9 Å². The number of sulfone groups is 1. The van der Waals surface area contributed by atoms with Crippen LogP contribution in [0.4, 0.5) is 23.1 Å². The lowest BCUT2D eigenvalue weighted by molar-refractivity contribution is -0.00000943. The van der Waals surface area contributed by atoms with Gasteiger partial charge in [-0.2, -0.15) is 10.1 Å². The first-order valence-electron chi connectivity index (χ1n) is 10.0. The highest BCUT2D eigenvalue weighted by atomic mass is 35.5. The number of nitrogens with zero attached hydrogens (tertiary/aromatic N) is 4. The Morgan fingerprint density at radius 2 is 1.94 bits per heavy atom. The molecule has 0 atom stereocenters. The van der Waals surface area contributed by atoms with Gasteiger partial charge in [-0.15, -0.1) is 0 Å². The van der Waals surface area contributed by atoms with Crippen molar-refractivity contribution in [3.05, 3.63) is 54.4 Å². The fourth-order valence-corrected chi connectivity index (χ4v) is 4.24. The number of nitrogens with one attached hydrogen (secondary N) is 2. The van der Waals surface area contributed by atoms with Gasteiger partial charge < -0.3 is 27.4 Å². The van der Waals surface area contributed by atoms with E-state index in [0.29, 0.717) is 23.2 Å². The van der Waals surface area contributed by atoms with Crippen molar-refractivity contribution >= 4 is 43.9 Å². The normalized spacial score (nSPS) is 11.2. The molecule has 0 amide bonds. The molecule has 0 aliphatic heterocycles. The molecule has 33 heavy (non-hydrogen) atoms. The van der Waals surface area contributed by atoms with Gasteiger partial charge in [-0.05, 0) is 49.4 Å². The molecule has 0 spiro atoms. The lowest BCUT2D eigenvalue weighted by Gasteiger charge is -2.19. The van der Waals surface area contributed by atoms with Gasteiger partial charge in [-0.3, -0.25) is 5.10 Å². The summed E-state index contributed by atoms with van der Waals surface area (Å²) in [6, 6.07) is 12.5. The average molecular weight is 488 g/mol. The van der Waals surface area contributed by atoms with Crippen LogP contribution in [0.5, 0.6) is 5.75 Å². The van der Waals surface area contributed by atoms with Gasteiger partial charge in [0.25, 0.3) is 0 Å². The molecule has 2 N–H and O–H groups in total. The number of rotatable bonds is 7. The minimum absolute atomic E-state index is 0. The Bertz CT molecular complexity index is 1390. The maximum atomic E-state index is 12.3. The van der Waals surface area contributed by atoms with Gasteiger partial charge in [0.1, 0.15) is 11.6 Å². The molecule has 0 saturated carbocycles. The molecule has 4 rings (SSSR count). The lowest BCUT2D eigenvalue weighted by Crippen LogP contribution is -3.00. The van der Waals surface area contributed by atoms with Gasteiger partial charge in [0.05, 0.1) is 29.0 Å². The molecule has 0 aliphatic carbocycles. The Balaban J connectivity index is 0.00000306. The Labute approximate surface area is 198 Å². The molecule has 0 aliphatic rings. The third kappa shape index (κ3) is 4.86. The van der Waals surface area contributed by atoms with Crippen LogP contribution in [-0.4, -0.2) is 48.5 Å². The topological polar surface area (TPSA) is 113 Å². The van der Waals surface area contributed by atoms with E-state index in [-0.39, 0.29) is 23.1 Å². The number of methoxy groups -OCH3 is 1. The number of aromatic nitrogens is 4. The minimum atomic E-state index is -3.36. The zero-order valence-electron chi connectivity index (χ0n) is 18.6. The predicted octanol–water partition coefficient (Wildman–Crippen LogP) is 0.979. The van der Waals surface area contributed by atoms with E-state index in [9.17, 15) is 8.42 Å². The van der Waals surface area contributed by atoms with Gasteiger partial charge in [0, 0.05) is 30.0 Å².